The zero-order chi connectivity index (χ0) is 31.4. The number of benzene rings is 1. The van der Waals surface area contributed by atoms with Crippen molar-refractivity contribution in [1.29, 1.82) is 0 Å². The summed E-state index contributed by atoms with van der Waals surface area (Å²) in [7, 11) is -4.38. The number of hydrogen-bond donors (Lipinski definition) is 4. The van der Waals surface area contributed by atoms with E-state index >= 15 is 0 Å². The Morgan fingerprint density at radius 1 is 1.09 bits per heavy atom. The van der Waals surface area contributed by atoms with Crippen molar-refractivity contribution in [3.8, 4) is 0 Å². The SMILES string of the molecule is CC(C)(C)OC(=O)N[C@H]1CCCCCC=C[C@@H]2C[C@@]2(C(=O)NS(=O)(=O)Nc2ccccc2Cl)NC(=O)[C@@H]2CCCN2C1=O. The zero-order valence-corrected chi connectivity index (χ0v) is 26.2. The van der Waals surface area contributed by atoms with E-state index in [1.165, 1.54) is 17.0 Å². The maximum Gasteiger partial charge on any atom is 0.408 e. The van der Waals surface area contributed by atoms with Crippen LogP contribution in [0.25, 0.3) is 0 Å². The smallest absolute Gasteiger partial charge is 0.408 e. The number of nitrogens with one attached hydrogen (secondary N) is 4. The summed E-state index contributed by atoms with van der Waals surface area (Å²) >= 11 is 6.07. The zero-order valence-electron chi connectivity index (χ0n) is 24.7. The normalized spacial score (nSPS) is 26.6. The monoisotopic (exact) mass is 637 g/mol. The first-order valence-corrected chi connectivity index (χ1v) is 16.4. The second-order valence-corrected chi connectivity index (χ2v) is 14.1. The first kappa shape index (κ1) is 32.6. The second-order valence-electron chi connectivity index (χ2n) is 12.2. The molecule has 4 amide bonds. The Balaban J connectivity index is 1.54. The van der Waals surface area contributed by atoms with Crippen molar-refractivity contribution in [1.82, 2.24) is 20.3 Å². The fourth-order valence-corrected chi connectivity index (χ4v) is 6.65. The molecule has 0 unspecified atom stereocenters. The van der Waals surface area contributed by atoms with Crippen LogP contribution in [0, 0.1) is 5.92 Å². The van der Waals surface area contributed by atoms with Gasteiger partial charge in [0, 0.05) is 12.5 Å². The molecule has 4 N–H and O–H groups in total. The molecule has 3 aliphatic rings. The number of alkyl carbamates (subject to hydrolysis) is 1. The molecular formula is C29H40ClN5O7S. The lowest BCUT2D eigenvalue weighted by molar-refractivity contribution is -0.141. The minimum atomic E-state index is -4.38. The Bertz CT molecular complexity index is 1380. The number of para-hydroxylation sites is 1. The standard InChI is InChI=1S/C29H40ClN5O7S/c1-28(2,3)42-27(39)31-22-15-8-6-4-5-7-12-19-18-29(19,32-24(36)23-16-11-17-35(23)25(22)37)26(38)34-43(40,41)33-21-14-10-9-13-20(21)30/h7,9-10,12-14,19,22-23,33H,4-6,8,11,15-18H2,1-3H3,(H,31,39)(H,32,36)(H,34,38)/t19-,22+,23+,29-/m1/s1. The van der Waals surface area contributed by atoms with Crippen molar-refractivity contribution in [2.24, 2.45) is 5.92 Å². The van der Waals surface area contributed by atoms with Crippen LogP contribution in [0.1, 0.15) is 72.1 Å². The van der Waals surface area contributed by atoms with Crippen LogP contribution in [0.5, 0.6) is 0 Å². The second kappa shape index (κ2) is 13.1. The summed E-state index contributed by atoms with van der Waals surface area (Å²) < 4.78 is 35.4. The van der Waals surface area contributed by atoms with Gasteiger partial charge < -0.3 is 20.3 Å². The highest BCUT2D eigenvalue weighted by atomic mass is 35.5. The summed E-state index contributed by atoms with van der Waals surface area (Å²) in [5.41, 5.74) is -2.16. The van der Waals surface area contributed by atoms with Crippen molar-refractivity contribution >= 4 is 51.3 Å². The number of carbonyl (C=O) groups is 4. The third kappa shape index (κ3) is 8.41. The maximum atomic E-state index is 13.7. The third-order valence-corrected chi connectivity index (χ3v) is 8.94. The van der Waals surface area contributed by atoms with E-state index in [2.05, 4.69) is 15.4 Å². The molecule has 1 aromatic carbocycles. The molecule has 0 radical (unpaired) electrons. The van der Waals surface area contributed by atoms with Gasteiger partial charge in [-0.05, 0) is 71.4 Å². The van der Waals surface area contributed by atoms with Crippen LogP contribution in [0.15, 0.2) is 36.4 Å². The van der Waals surface area contributed by atoms with E-state index in [4.69, 9.17) is 16.3 Å². The maximum absolute atomic E-state index is 13.7. The molecule has 2 fully saturated rings. The van der Waals surface area contributed by atoms with Gasteiger partial charge in [-0.15, -0.1) is 0 Å². The fraction of sp³-hybridized carbons (Fsp3) is 0.586. The number of anilines is 1. The number of carbonyl (C=O) groups excluding carboxylic acids is 4. The molecule has 2 heterocycles. The number of fused-ring (bicyclic) bond motifs is 2. The molecule has 0 bridgehead atoms. The summed E-state index contributed by atoms with van der Waals surface area (Å²) in [6.07, 6.45) is 7.53. The lowest BCUT2D eigenvalue weighted by atomic mass is 10.0. The average molecular weight is 638 g/mol. The van der Waals surface area contributed by atoms with Crippen LogP contribution in [0.3, 0.4) is 0 Å². The van der Waals surface area contributed by atoms with Gasteiger partial charge in [0.05, 0.1) is 10.7 Å². The highest BCUT2D eigenvalue weighted by molar-refractivity contribution is 7.91. The average Bonchev–Trinajstić information content (AvgIpc) is 3.36. The molecule has 1 saturated heterocycles. The summed E-state index contributed by atoms with van der Waals surface area (Å²) in [5, 5.41) is 5.63. The quantitative estimate of drug-likeness (QED) is 0.360. The molecule has 1 aromatic rings. The topological polar surface area (TPSA) is 163 Å². The van der Waals surface area contributed by atoms with E-state index < -0.39 is 63.2 Å². The number of amides is 4. The predicted octanol–water partition coefficient (Wildman–Crippen LogP) is 3.39. The van der Waals surface area contributed by atoms with E-state index in [-0.39, 0.29) is 17.1 Å². The van der Waals surface area contributed by atoms with Crippen LogP contribution in [-0.4, -0.2) is 66.9 Å². The molecule has 43 heavy (non-hydrogen) atoms. The van der Waals surface area contributed by atoms with Crippen molar-refractivity contribution in [3.63, 3.8) is 0 Å². The molecule has 2 aliphatic heterocycles. The van der Waals surface area contributed by atoms with Gasteiger partial charge in [-0.1, -0.05) is 48.7 Å². The molecular weight excluding hydrogens is 598 g/mol. The summed E-state index contributed by atoms with van der Waals surface area (Å²) in [4.78, 5) is 54.8. The van der Waals surface area contributed by atoms with Gasteiger partial charge in [-0.25, -0.2) is 9.52 Å². The van der Waals surface area contributed by atoms with Crippen LogP contribution in [-0.2, 0) is 29.3 Å². The molecule has 12 nitrogen and oxygen atoms in total. The lowest BCUT2D eigenvalue weighted by Gasteiger charge is -2.30. The summed E-state index contributed by atoms with van der Waals surface area (Å²) in [5.74, 6) is -2.27. The van der Waals surface area contributed by atoms with E-state index in [1.807, 2.05) is 16.9 Å². The number of nitrogens with zero attached hydrogens (tertiary/aromatic N) is 1. The molecule has 1 saturated carbocycles. The van der Waals surface area contributed by atoms with Crippen LogP contribution < -0.4 is 20.1 Å². The van der Waals surface area contributed by atoms with Gasteiger partial charge in [-0.3, -0.25) is 19.1 Å². The number of halogens is 1. The van der Waals surface area contributed by atoms with Crippen LogP contribution in [0.4, 0.5) is 10.5 Å². The fourth-order valence-electron chi connectivity index (χ4n) is 5.47. The Labute approximate surface area is 257 Å². The van der Waals surface area contributed by atoms with E-state index in [0.717, 1.165) is 12.8 Å². The van der Waals surface area contributed by atoms with Gasteiger partial charge in [0.15, 0.2) is 0 Å². The van der Waals surface area contributed by atoms with E-state index in [0.29, 0.717) is 38.6 Å². The first-order valence-electron chi connectivity index (χ1n) is 14.6. The van der Waals surface area contributed by atoms with Crippen LogP contribution >= 0.6 is 11.6 Å². The van der Waals surface area contributed by atoms with E-state index in [1.54, 1.807) is 32.9 Å². The molecule has 0 spiro atoms. The Hall–Kier alpha value is -3.32. The van der Waals surface area contributed by atoms with Crippen molar-refractivity contribution in [3.05, 3.63) is 41.4 Å². The van der Waals surface area contributed by atoms with Gasteiger partial charge in [-0.2, -0.15) is 8.42 Å². The first-order chi connectivity index (χ1) is 20.2. The molecule has 14 heteroatoms. The highest BCUT2D eigenvalue weighted by Gasteiger charge is 2.61. The number of hydrogen-bond acceptors (Lipinski definition) is 7. The minimum absolute atomic E-state index is 0.0926. The van der Waals surface area contributed by atoms with Gasteiger partial charge in [0.1, 0.15) is 23.2 Å². The van der Waals surface area contributed by atoms with Crippen molar-refractivity contribution < 1.29 is 32.3 Å². The van der Waals surface area contributed by atoms with Crippen LogP contribution in [0.2, 0.25) is 5.02 Å². The summed E-state index contributed by atoms with van der Waals surface area (Å²) in [6, 6.07) is 4.43. The van der Waals surface area contributed by atoms with Gasteiger partial charge in [0.25, 0.3) is 5.91 Å². The Morgan fingerprint density at radius 2 is 1.84 bits per heavy atom. The third-order valence-electron chi connectivity index (χ3n) is 7.67. The molecule has 4 rings (SSSR count). The number of rotatable bonds is 5. The van der Waals surface area contributed by atoms with Crippen molar-refractivity contribution in [2.45, 2.75) is 95.4 Å². The Kier molecular flexibility index (Phi) is 9.95. The number of allylic oxidation sites excluding steroid dienone is 1. The predicted molar refractivity (Wildman–Crippen MR) is 161 cm³/mol. The molecule has 0 aromatic heterocycles. The highest BCUT2D eigenvalue weighted by Crippen LogP contribution is 2.45. The van der Waals surface area contributed by atoms with Gasteiger partial charge >= 0.3 is 16.3 Å². The molecule has 1 aliphatic carbocycles. The van der Waals surface area contributed by atoms with Crippen molar-refractivity contribution in [2.75, 3.05) is 11.3 Å². The summed E-state index contributed by atoms with van der Waals surface area (Å²) in [6.45, 7) is 5.50. The lowest BCUT2D eigenvalue weighted by Crippen LogP contribution is -2.58. The Morgan fingerprint density at radius 3 is 2.56 bits per heavy atom. The molecule has 236 valence electrons. The largest absolute Gasteiger partial charge is 0.444 e. The van der Waals surface area contributed by atoms with E-state index in [9.17, 15) is 27.6 Å². The molecule has 4 atom stereocenters. The van der Waals surface area contributed by atoms with Gasteiger partial charge in [0.2, 0.25) is 11.8 Å². The minimum Gasteiger partial charge on any atom is -0.444 e. The number of ether oxygens (including phenoxy) is 1.